The van der Waals surface area contributed by atoms with Gasteiger partial charge in [-0.3, -0.25) is 4.79 Å². The van der Waals surface area contributed by atoms with Crippen LogP contribution in [-0.2, 0) is 19.1 Å². The van der Waals surface area contributed by atoms with Crippen molar-refractivity contribution in [1.82, 2.24) is 4.57 Å². The summed E-state index contributed by atoms with van der Waals surface area (Å²) < 4.78 is 40.6. The summed E-state index contributed by atoms with van der Waals surface area (Å²) in [6, 6.07) is 16.6. The second-order valence-electron chi connectivity index (χ2n) is 7.05. The minimum atomic E-state index is -4.36. The van der Waals surface area contributed by atoms with Crippen LogP contribution in [-0.4, -0.2) is 10.5 Å². The molecule has 3 aromatic carbocycles. The Balaban J connectivity index is 1.92. The molecule has 2 N–H and O–H groups in total. The van der Waals surface area contributed by atoms with Crippen LogP contribution >= 0.6 is 0 Å². The molecule has 4 rings (SSSR count). The Morgan fingerprint density at radius 3 is 2.28 bits per heavy atom. The lowest BCUT2D eigenvalue weighted by Gasteiger charge is -2.11. The molecule has 4 aromatic rings. The molecule has 6 heteroatoms. The summed E-state index contributed by atoms with van der Waals surface area (Å²) in [6.07, 6.45) is -3.52. The van der Waals surface area contributed by atoms with E-state index in [1.165, 1.54) is 12.1 Å². The van der Waals surface area contributed by atoms with E-state index in [-0.39, 0.29) is 0 Å². The Kier molecular flexibility index (Phi) is 4.57. The molecule has 0 fully saturated rings. The number of nitrogens with zero attached hydrogens (tertiary/aromatic N) is 1. The maximum Gasteiger partial charge on any atom is 0.416 e. The highest BCUT2D eigenvalue weighted by Crippen LogP contribution is 2.34. The van der Waals surface area contributed by atoms with E-state index in [0.29, 0.717) is 12.1 Å². The smallest absolute Gasteiger partial charge is 0.366 e. The first-order chi connectivity index (χ1) is 13.8. The number of alkyl halides is 3. The van der Waals surface area contributed by atoms with Crippen LogP contribution in [0.3, 0.4) is 0 Å². The normalized spacial score (nSPS) is 12.0. The van der Waals surface area contributed by atoms with Gasteiger partial charge in [0, 0.05) is 28.4 Å². The lowest BCUT2D eigenvalue weighted by molar-refractivity contribution is -0.137. The molecule has 1 aromatic heterocycles. The number of hydrogen-bond acceptors (Lipinski definition) is 1. The monoisotopic (exact) mass is 396 g/mol. The first kappa shape index (κ1) is 19.1. The molecular weight excluding hydrogens is 377 g/mol. The number of halogens is 3. The van der Waals surface area contributed by atoms with Crippen LogP contribution in [0.1, 0.15) is 34.0 Å². The minimum absolute atomic E-state index is 0.382. The number of aryl methyl sites for hydroxylation is 1. The Hall–Kier alpha value is -3.28. The topological polar surface area (TPSA) is 48.0 Å². The molecule has 0 aliphatic carbocycles. The Morgan fingerprint density at radius 1 is 0.966 bits per heavy atom. The van der Waals surface area contributed by atoms with Crippen molar-refractivity contribution in [2.24, 2.45) is 5.73 Å². The molecule has 148 valence electrons. The summed E-state index contributed by atoms with van der Waals surface area (Å²) in [5, 5.41) is 1.67. The summed E-state index contributed by atoms with van der Waals surface area (Å²) in [6.45, 7) is 2.44. The van der Waals surface area contributed by atoms with E-state index in [1.54, 1.807) is 12.1 Å². The summed E-state index contributed by atoms with van der Waals surface area (Å²) in [4.78, 5) is 12.0. The van der Waals surface area contributed by atoms with Gasteiger partial charge in [0.15, 0.2) is 0 Å². The second kappa shape index (κ2) is 6.95. The van der Waals surface area contributed by atoms with Crippen molar-refractivity contribution in [3.05, 3.63) is 82.9 Å². The van der Waals surface area contributed by atoms with Crippen LogP contribution in [0.4, 0.5) is 13.2 Å². The highest BCUT2D eigenvalue weighted by atomic mass is 19.4. The molecule has 1 heterocycles. The van der Waals surface area contributed by atoms with Crippen LogP contribution < -0.4 is 5.73 Å². The van der Waals surface area contributed by atoms with Gasteiger partial charge in [0.25, 0.3) is 0 Å². The third-order valence-electron chi connectivity index (χ3n) is 5.25. The van der Waals surface area contributed by atoms with Crippen LogP contribution in [0.5, 0.6) is 0 Å². The van der Waals surface area contributed by atoms with E-state index < -0.39 is 17.6 Å². The fourth-order valence-electron chi connectivity index (χ4n) is 3.77. The van der Waals surface area contributed by atoms with E-state index in [9.17, 15) is 18.0 Å². The number of hydrogen-bond donors (Lipinski definition) is 1. The number of amides is 1. The molecule has 29 heavy (non-hydrogen) atoms. The Morgan fingerprint density at radius 2 is 1.66 bits per heavy atom. The Labute approximate surface area is 165 Å². The SMILES string of the molecule is CCc1ccc2c3c(C(N)=O)cccc3n(Cc3ccc(C(F)(F)F)cc3)c2c1. The number of nitrogens with two attached hydrogens (primary N) is 1. The molecule has 1 amide bonds. The van der Waals surface area contributed by atoms with Gasteiger partial charge in [-0.2, -0.15) is 13.2 Å². The standard InChI is InChI=1S/C23H19F3N2O/c1-2-14-8-11-17-20(12-14)28(19-5-3-4-18(21(17)19)22(27)29)13-15-6-9-16(10-7-15)23(24,25)26/h3-12H,2,13H2,1H3,(H2,27,29). The van der Waals surface area contributed by atoms with E-state index in [2.05, 4.69) is 13.0 Å². The van der Waals surface area contributed by atoms with Gasteiger partial charge < -0.3 is 10.3 Å². The Bertz CT molecular complexity index is 1220. The van der Waals surface area contributed by atoms with E-state index in [0.717, 1.165) is 51.5 Å². The average molecular weight is 396 g/mol. The highest BCUT2D eigenvalue weighted by molar-refractivity contribution is 6.17. The van der Waals surface area contributed by atoms with Crippen molar-refractivity contribution >= 4 is 27.7 Å². The molecule has 3 nitrogen and oxygen atoms in total. The average Bonchev–Trinajstić information content (AvgIpc) is 3.00. The van der Waals surface area contributed by atoms with Crippen LogP contribution in [0.2, 0.25) is 0 Å². The van der Waals surface area contributed by atoms with Crippen molar-refractivity contribution < 1.29 is 18.0 Å². The number of fused-ring (bicyclic) bond motifs is 3. The van der Waals surface area contributed by atoms with Gasteiger partial charge in [0.2, 0.25) is 5.91 Å². The fraction of sp³-hybridized carbons (Fsp3) is 0.174. The van der Waals surface area contributed by atoms with Gasteiger partial charge >= 0.3 is 6.18 Å². The van der Waals surface area contributed by atoms with Gasteiger partial charge in [0.05, 0.1) is 11.1 Å². The molecule has 0 aliphatic heterocycles. The number of benzene rings is 3. The number of carbonyl (C=O) groups is 1. The summed E-state index contributed by atoms with van der Waals surface area (Å²) in [5.74, 6) is -0.510. The minimum Gasteiger partial charge on any atom is -0.366 e. The van der Waals surface area contributed by atoms with E-state index in [1.807, 2.05) is 22.8 Å². The van der Waals surface area contributed by atoms with Crippen LogP contribution in [0.15, 0.2) is 60.7 Å². The third kappa shape index (κ3) is 3.35. The predicted octanol–water partition coefficient (Wildman–Crippen LogP) is 5.52. The van der Waals surface area contributed by atoms with Crippen LogP contribution in [0, 0.1) is 0 Å². The first-order valence-electron chi connectivity index (χ1n) is 9.29. The molecule has 0 aliphatic rings. The van der Waals surface area contributed by atoms with E-state index >= 15 is 0 Å². The molecule has 0 unspecified atom stereocenters. The summed E-state index contributed by atoms with van der Waals surface area (Å²) in [7, 11) is 0. The largest absolute Gasteiger partial charge is 0.416 e. The molecule has 0 atom stereocenters. The zero-order valence-electron chi connectivity index (χ0n) is 15.8. The number of aromatic nitrogens is 1. The van der Waals surface area contributed by atoms with Crippen molar-refractivity contribution in [1.29, 1.82) is 0 Å². The zero-order chi connectivity index (χ0) is 20.8. The lowest BCUT2D eigenvalue weighted by atomic mass is 10.0. The molecule has 0 saturated carbocycles. The van der Waals surface area contributed by atoms with Crippen molar-refractivity contribution in [2.75, 3.05) is 0 Å². The van der Waals surface area contributed by atoms with Gasteiger partial charge in [-0.25, -0.2) is 0 Å². The summed E-state index contributed by atoms with van der Waals surface area (Å²) >= 11 is 0. The third-order valence-corrected chi connectivity index (χ3v) is 5.25. The van der Waals surface area contributed by atoms with Gasteiger partial charge in [-0.15, -0.1) is 0 Å². The van der Waals surface area contributed by atoms with Crippen molar-refractivity contribution in [3.8, 4) is 0 Å². The molecule has 0 saturated heterocycles. The fourth-order valence-corrected chi connectivity index (χ4v) is 3.77. The predicted molar refractivity (Wildman–Crippen MR) is 108 cm³/mol. The second-order valence-corrected chi connectivity index (χ2v) is 7.05. The number of carbonyl (C=O) groups excluding carboxylic acids is 1. The maximum absolute atomic E-state index is 12.9. The highest BCUT2D eigenvalue weighted by Gasteiger charge is 2.30. The number of primary amides is 1. The molecule has 0 radical (unpaired) electrons. The van der Waals surface area contributed by atoms with E-state index in [4.69, 9.17) is 5.73 Å². The maximum atomic E-state index is 12.9. The van der Waals surface area contributed by atoms with Gasteiger partial charge in [0.1, 0.15) is 0 Å². The summed E-state index contributed by atoms with van der Waals surface area (Å²) in [5.41, 5.74) is 8.97. The van der Waals surface area contributed by atoms with Crippen LogP contribution in [0.25, 0.3) is 21.8 Å². The van der Waals surface area contributed by atoms with Crippen molar-refractivity contribution in [3.63, 3.8) is 0 Å². The first-order valence-corrected chi connectivity index (χ1v) is 9.29. The van der Waals surface area contributed by atoms with Gasteiger partial charge in [-0.05, 0) is 47.9 Å². The lowest BCUT2D eigenvalue weighted by Crippen LogP contribution is -2.11. The molecule has 0 spiro atoms. The zero-order valence-corrected chi connectivity index (χ0v) is 15.8. The molecule has 0 bridgehead atoms. The van der Waals surface area contributed by atoms with Gasteiger partial charge in [-0.1, -0.05) is 37.3 Å². The van der Waals surface area contributed by atoms with Crippen molar-refractivity contribution in [2.45, 2.75) is 26.1 Å². The molecular formula is C23H19F3N2O. The number of rotatable bonds is 4. The quantitative estimate of drug-likeness (QED) is 0.485.